The maximum absolute atomic E-state index is 12.7. The highest BCUT2D eigenvalue weighted by Crippen LogP contribution is 2.39. The number of methoxy groups -OCH3 is 4. The van der Waals surface area contributed by atoms with Crippen molar-refractivity contribution in [3.8, 4) is 17.2 Å². The summed E-state index contributed by atoms with van der Waals surface area (Å²) < 4.78 is 48.2. The summed E-state index contributed by atoms with van der Waals surface area (Å²) in [6.45, 7) is -0.0813. The molecule has 0 aliphatic carbocycles. The van der Waals surface area contributed by atoms with Gasteiger partial charge in [0.25, 0.3) is 0 Å². The Balaban J connectivity index is 2.33. The van der Waals surface area contributed by atoms with Crippen molar-refractivity contribution in [3.63, 3.8) is 0 Å². The average Bonchev–Trinajstić information content (AvgIpc) is 2.70. The number of halogens is 1. The van der Waals surface area contributed by atoms with Crippen LogP contribution in [0.3, 0.4) is 0 Å². The van der Waals surface area contributed by atoms with Crippen molar-refractivity contribution in [1.82, 2.24) is 4.72 Å². The summed E-state index contributed by atoms with van der Waals surface area (Å²) in [7, 11) is 1.62. The molecule has 0 aliphatic rings. The van der Waals surface area contributed by atoms with Crippen molar-refractivity contribution in [1.29, 1.82) is 0 Å². The van der Waals surface area contributed by atoms with E-state index in [4.69, 9.17) is 25.8 Å². The molecule has 0 aliphatic heterocycles. The number of carbonyl (C=O) groups excluding carboxylic acids is 1. The molecule has 0 bridgehead atoms. The zero-order valence-electron chi connectivity index (χ0n) is 15.7. The standard InChI is InChI=1S/C18H20ClNO7S/c1-24-15-8-5-11(16(25-2)17(15)26-3)10-20-28(22,23)12-6-7-14(19)13(9-12)18(21)27-4/h5-9,20H,10H2,1-4H3. The third-order valence-electron chi connectivity index (χ3n) is 3.89. The first-order valence-electron chi connectivity index (χ1n) is 7.94. The van der Waals surface area contributed by atoms with Crippen molar-refractivity contribution >= 4 is 27.6 Å². The van der Waals surface area contributed by atoms with Gasteiger partial charge in [-0.05, 0) is 24.3 Å². The lowest BCUT2D eigenvalue weighted by Gasteiger charge is -2.16. The van der Waals surface area contributed by atoms with E-state index in [0.717, 1.165) is 6.07 Å². The van der Waals surface area contributed by atoms with Crippen molar-refractivity contribution in [2.75, 3.05) is 28.4 Å². The largest absolute Gasteiger partial charge is 0.493 e. The number of esters is 1. The molecule has 0 saturated carbocycles. The highest BCUT2D eigenvalue weighted by atomic mass is 35.5. The zero-order valence-corrected chi connectivity index (χ0v) is 17.3. The lowest BCUT2D eigenvalue weighted by molar-refractivity contribution is 0.0600. The van der Waals surface area contributed by atoms with Crippen molar-refractivity contribution in [3.05, 3.63) is 46.5 Å². The smallest absolute Gasteiger partial charge is 0.339 e. The van der Waals surface area contributed by atoms with Crippen LogP contribution in [0.5, 0.6) is 17.2 Å². The van der Waals surface area contributed by atoms with Crippen LogP contribution < -0.4 is 18.9 Å². The summed E-state index contributed by atoms with van der Waals surface area (Å²) in [4.78, 5) is 11.6. The minimum Gasteiger partial charge on any atom is -0.493 e. The van der Waals surface area contributed by atoms with Crippen LogP contribution in [0, 0.1) is 0 Å². The van der Waals surface area contributed by atoms with Crippen LogP contribution in [0.15, 0.2) is 35.2 Å². The fourth-order valence-corrected chi connectivity index (χ4v) is 3.72. The van der Waals surface area contributed by atoms with E-state index in [1.165, 1.54) is 40.6 Å². The summed E-state index contributed by atoms with van der Waals surface area (Å²) in [6, 6.07) is 7.07. The second-order valence-corrected chi connectivity index (χ2v) is 7.63. The van der Waals surface area contributed by atoms with Crippen molar-refractivity contribution < 1.29 is 32.2 Å². The van der Waals surface area contributed by atoms with Gasteiger partial charge < -0.3 is 18.9 Å². The van der Waals surface area contributed by atoms with Gasteiger partial charge >= 0.3 is 5.97 Å². The number of hydrogen-bond donors (Lipinski definition) is 1. The number of nitrogens with one attached hydrogen (secondary N) is 1. The van der Waals surface area contributed by atoms with Gasteiger partial charge in [-0.15, -0.1) is 0 Å². The Morgan fingerprint density at radius 1 is 1.00 bits per heavy atom. The summed E-state index contributed by atoms with van der Waals surface area (Å²) in [5.74, 6) is 0.409. The first-order chi connectivity index (χ1) is 13.3. The summed E-state index contributed by atoms with van der Waals surface area (Å²) in [5, 5.41) is 0.0901. The van der Waals surface area contributed by atoms with Crippen LogP contribution in [0.4, 0.5) is 0 Å². The number of hydrogen-bond acceptors (Lipinski definition) is 7. The Bertz CT molecular complexity index is 976. The minimum absolute atomic E-state index is 0.0456. The topological polar surface area (TPSA) is 100 Å². The quantitative estimate of drug-likeness (QED) is 0.644. The summed E-state index contributed by atoms with van der Waals surface area (Å²) >= 11 is 5.94. The van der Waals surface area contributed by atoms with Gasteiger partial charge in [0, 0.05) is 12.1 Å². The van der Waals surface area contributed by atoms with Crippen molar-refractivity contribution in [2.45, 2.75) is 11.4 Å². The molecule has 10 heteroatoms. The summed E-state index contributed by atoms with van der Waals surface area (Å²) in [6.07, 6.45) is 0. The highest BCUT2D eigenvalue weighted by Gasteiger charge is 2.21. The Hall–Kier alpha value is -2.49. The first-order valence-corrected chi connectivity index (χ1v) is 9.80. The molecule has 0 aromatic heterocycles. The van der Waals surface area contributed by atoms with E-state index in [1.54, 1.807) is 12.1 Å². The molecule has 0 heterocycles. The molecule has 2 aromatic carbocycles. The van der Waals surface area contributed by atoms with Crippen LogP contribution in [0.25, 0.3) is 0 Å². The number of sulfonamides is 1. The van der Waals surface area contributed by atoms with Crippen LogP contribution >= 0.6 is 11.6 Å². The molecule has 2 aromatic rings. The molecule has 2 rings (SSSR count). The van der Waals surface area contributed by atoms with Crippen molar-refractivity contribution in [2.24, 2.45) is 0 Å². The third kappa shape index (κ3) is 4.49. The maximum atomic E-state index is 12.7. The number of carbonyl (C=O) groups is 1. The van der Waals surface area contributed by atoms with Gasteiger partial charge in [0.15, 0.2) is 11.5 Å². The van der Waals surface area contributed by atoms with Gasteiger partial charge in [0.1, 0.15) is 0 Å². The van der Waals surface area contributed by atoms with Gasteiger partial charge in [0.2, 0.25) is 15.8 Å². The van der Waals surface area contributed by atoms with E-state index in [-0.39, 0.29) is 22.0 Å². The van der Waals surface area contributed by atoms with Crippen LogP contribution in [-0.4, -0.2) is 42.8 Å². The van der Waals surface area contributed by atoms with Gasteiger partial charge in [-0.2, -0.15) is 0 Å². The van der Waals surface area contributed by atoms with Gasteiger partial charge in [-0.25, -0.2) is 17.9 Å². The third-order valence-corrected chi connectivity index (χ3v) is 5.62. The molecule has 0 atom stereocenters. The second kappa shape index (κ2) is 9.13. The van der Waals surface area contributed by atoms with E-state index in [2.05, 4.69) is 9.46 Å². The second-order valence-electron chi connectivity index (χ2n) is 5.45. The molecule has 0 amide bonds. The molecule has 28 heavy (non-hydrogen) atoms. The molecule has 0 spiro atoms. The molecule has 0 fully saturated rings. The Labute approximate surface area is 168 Å². The first kappa shape index (κ1) is 21.8. The zero-order chi connectivity index (χ0) is 20.9. The van der Waals surface area contributed by atoms with E-state index < -0.39 is 16.0 Å². The summed E-state index contributed by atoms with van der Waals surface area (Å²) in [5.41, 5.74) is 0.488. The molecule has 0 radical (unpaired) electrons. The fraction of sp³-hybridized carbons (Fsp3) is 0.278. The van der Waals surface area contributed by atoms with Crippen LogP contribution in [0.1, 0.15) is 15.9 Å². The van der Waals surface area contributed by atoms with Gasteiger partial charge in [-0.3, -0.25) is 0 Å². The molecule has 1 N–H and O–H groups in total. The average molecular weight is 430 g/mol. The predicted molar refractivity (Wildman–Crippen MR) is 103 cm³/mol. The number of ether oxygens (including phenoxy) is 4. The van der Waals surface area contributed by atoms with E-state index in [0.29, 0.717) is 22.8 Å². The lowest BCUT2D eigenvalue weighted by Crippen LogP contribution is -2.24. The van der Waals surface area contributed by atoms with Crippen LogP contribution in [-0.2, 0) is 21.3 Å². The minimum atomic E-state index is -3.94. The van der Waals surface area contributed by atoms with Crippen LogP contribution in [0.2, 0.25) is 5.02 Å². The molecule has 0 unspecified atom stereocenters. The highest BCUT2D eigenvalue weighted by molar-refractivity contribution is 7.89. The molecule has 0 saturated heterocycles. The fourth-order valence-electron chi connectivity index (χ4n) is 2.50. The van der Waals surface area contributed by atoms with Gasteiger partial charge in [-0.1, -0.05) is 17.7 Å². The number of rotatable bonds is 8. The molecular weight excluding hydrogens is 410 g/mol. The maximum Gasteiger partial charge on any atom is 0.339 e. The SMILES string of the molecule is COC(=O)c1cc(S(=O)(=O)NCc2ccc(OC)c(OC)c2OC)ccc1Cl. The molecule has 152 valence electrons. The van der Waals surface area contributed by atoms with E-state index in [9.17, 15) is 13.2 Å². The predicted octanol–water partition coefficient (Wildman–Crippen LogP) is 2.63. The monoisotopic (exact) mass is 429 g/mol. The normalized spacial score (nSPS) is 11.0. The van der Waals surface area contributed by atoms with E-state index in [1.807, 2.05) is 0 Å². The Morgan fingerprint density at radius 3 is 2.25 bits per heavy atom. The van der Waals surface area contributed by atoms with E-state index >= 15 is 0 Å². The number of benzene rings is 2. The van der Waals surface area contributed by atoms with Gasteiger partial charge in [0.05, 0.1) is 43.9 Å². The molecular formula is C18H20ClNO7S. The Morgan fingerprint density at radius 2 is 1.68 bits per heavy atom. The lowest BCUT2D eigenvalue weighted by atomic mass is 10.1. The molecule has 8 nitrogen and oxygen atoms in total. The Kier molecular flexibility index (Phi) is 7.11.